The van der Waals surface area contributed by atoms with E-state index >= 15 is 0 Å². The van der Waals surface area contributed by atoms with Gasteiger partial charge in [-0.3, -0.25) is 14.1 Å². The fraction of sp³-hybridized carbons (Fsp3) is 0.333. The molecule has 0 amide bonds. The minimum absolute atomic E-state index is 0.124. The van der Waals surface area contributed by atoms with Crippen LogP contribution in [0.25, 0.3) is 0 Å². The van der Waals surface area contributed by atoms with Crippen molar-refractivity contribution in [2.45, 2.75) is 55.5 Å². The van der Waals surface area contributed by atoms with Crippen molar-refractivity contribution in [1.29, 1.82) is 10.5 Å². The fourth-order valence-corrected chi connectivity index (χ4v) is 3.68. The third kappa shape index (κ3) is 8.02. The predicted molar refractivity (Wildman–Crippen MR) is 125 cm³/mol. The number of rotatable bonds is 11. The zero-order valence-corrected chi connectivity index (χ0v) is 22.8. The van der Waals surface area contributed by atoms with Crippen molar-refractivity contribution >= 4 is 22.1 Å². The van der Waals surface area contributed by atoms with E-state index < -0.39 is 122 Å². The highest BCUT2D eigenvalue weighted by Crippen LogP contribution is 2.33. The maximum absolute atomic E-state index is 14.1. The third-order valence-corrected chi connectivity index (χ3v) is 6.42. The summed E-state index contributed by atoms with van der Waals surface area (Å²) in [5.41, 5.74) is -3.94. The second-order valence-corrected chi connectivity index (χ2v) is 10.5. The van der Waals surface area contributed by atoms with Gasteiger partial charge in [-0.15, -0.1) is 0 Å². The Kier molecular flexibility index (Phi) is 10.7. The highest BCUT2D eigenvalue weighted by atomic mass is 32.2. The van der Waals surface area contributed by atoms with Gasteiger partial charge in [0.2, 0.25) is 34.8 Å². The first-order valence-electron chi connectivity index (χ1n) is 11.5. The normalized spacial score (nSPS) is 14.3. The smallest absolute Gasteiger partial charge is 0.311 e. The lowest BCUT2D eigenvalue weighted by Gasteiger charge is -2.19. The van der Waals surface area contributed by atoms with Crippen LogP contribution >= 0.6 is 0 Å². The summed E-state index contributed by atoms with van der Waals surface area (Å²) in [5, 5.41) is 26.1. The van der Waals surface area contributed by atoms with Crippen LogP contribution in [-0.2, 0) is 19.7 Å². The molecule has 0 bridgehead atoms. The zero-order chi connectivity index (χ0) is 33.8. The van der Waals surface area contributed by atoms with Gasteiger partial charge in [0.25, 0.3) is 0 Å². The summed E-state index contributed by atoms with van der Waals surface area (Å²) in [4.78, 5) is 21.7. The third-order valence-electron chi connectivity index (χ3n) is 5.55. The van der Waals surface area contributed by atoms with E-state index in [-0.39, 0.29) is 6.07 Å². The average Bonchev–Trinajstić information content (AvgIpc) is 2.95. The Labute approximate surface area is 242 Å². The standard InChI is InChI=1S/C24H16F8N4O7S/c1-23(8-33,5-3-12(37)42-20-14(27)10(25)7-11(26)15(20)28)35-36-24(2,9-34)6-4-13(38)43-21-16(29)18(31)22(44(39,40)41)19(32)17(21)30/h7H,3-6H2,1-2H3,(H,39,40,41). The first kappa shape index (κ1) is 35.5. The fourth-order valence-electron chi connectivity index (χ4n) is 3.05. The van der Waals surface area contributed by atoms with Crippen LogP contribution in [-0.4, -0.2) is 36.0 Å². The van der Waals surface area contributed by atoms with Gasteiger partial charge >= 0.3 is 22.1 Å². The Hall–Kier alpha value is -4.69. The van der Waals surface area contributed by atoms with Crippen molar-refractivity contribution in [3.05, 3.63) is 52.6 Å². The number of carbonyl (C=O) groups is 2. The van der Waals surface area contributed by atoms with Gasteiger partial charge in [-0.1, -0.05) is 0 Å². The summed E-state index contributed by atoms with van der Waals surface area (Å²) >= 11 is 0. The molecule has 0 aliphatic carbocycles. The highest BCUT2D eigenvalue weighted by molar-refractivity contribution is 7.85. The first-order valence-corrected chi connectivity index (χ1v) is 13.0. The molecule has 44 heavy (non-hydrogen) atoms. The molecule has 2 unspecified atom stereocenters. The Morgan fingerprint density at radius 3 is 1.41 bits per heavy atom. The molecule has 2 rings (SSSR count). The average molecular weight is 656 g/mol. The molecule has 0 saturated carbocycles. The largest absolute Gasteiger partial charge is 0.420 e. The number of benzene rings is 2. The second kappa shape index (κ2) is 13.3. The Bertz CT molecular complexity index is 1690. The quantitative estimate of drug-likeness (QED) is 0.0857. The molecule has 2 atom stereocenters. The predicted octanol–water partition coefficient (Wildman–Crippen LogP) is 5.13. The molecular formula is C24H16F8N4O7S. The number of carbonyl (C=O) groups excluding carboxylic acids is 2. The van der Waals surface area contributed by atoms with E-state index in [0.29, 0.717) is 0 Å². The maximum atomic E-state index is 14.1. The number of esters is 2. The zero-order valence-electron chi connectivity index (χ0n) is 22.0. The van der Waals surface area contributed by atoms with E-state index in [1.807, 2.05) is 0 Å². The molecule has 236 valence electrons. The summed E-state index contributed by atoms with van der Waals surface area (Å²) in [7, 11) is -5.77. The number of nitriles is 2. The number of hydrogen-bond donors (Lipinski definition) is 1. The highest BCUT2D eigenvalue weighted by Gasteiger charge is 2.35. The van der Waals surface area contributed by atoms with Gasteiger partial charge in [-0.05, 0) is 26.7 Å². The number of halogens is 8. The number of hydrogen-bond acceptors (Lipinski definition) is 10. The van der Waals surface area contributed by atoms with Crippen molar-refractivity contribution in [2.24, 2.45) is 10.2 Å². The monoisotopic (exact) mass is 656 g/mol. The minimum atomic E-state index is -5.77. The summed E-state index contributed by atoms with van der Waals surface area (Å²) in [6.45, 7) is 2.12. The van der Waals surface area contributed by atoms with Crippen LogP contribution < -0.4 is 9.47 Å². The molecule has 0 aliphatic rings. The molecule has 0 fully saturated rings. The lowest BCUT2D eigenvalue weighted by atomic mass is 9.97. The maximum Gasteiger partial charge on any atom is 0.311 e. The van der Waals surface area contributed by atoms with E-state index in [1.165, 1.54) is 0 Å². The van der Waals surface area contributed by atoms with Crippen molar-refractivity contribution in [3.63, 3.8) is 0 Å². The molecule has 0 radical (unpaired) electrons. The van der Waals surface area contributed by atoms with Crippen LogP contribution in [0.3, 0.4) is 0 Å². The first-order chi connectivity index (χ1) is 20.2. The molecule has 0 aromatic heterocycles. The van der Waals surface area contributed by atoms with Gasteiger partial charge in [0.15, 0.2) is 39.2 Å². The van der Waals surface area contributed by atoms with Crippen molar-refractivity contribution in [3.8, 4) is 23.6 Å². The Balaban J connectivity index is 2.13. The van der Waals surface area contributed by atoms with Crippen LogP contribution in [0.4, 0.5) is 35.1 Å². The Morgan fingerprint density at radius 2 is 1.09 bits per heavy atom. The van der Waals surface area contributed by atoms with Crippen LogP contribution in [0.2, 0.25) is 0 Å². The number of azo groups is 1. The molecule has 1 N–H and O–H groups in total. The van der Waals surface area contributed by atoms with Gasteiger partial charge in [-0.2, -0.15) is 46.7 Å². The van der Waals surface area contributed by atoms with Gasteiger partial charge < -0.3 is 9.47 Å². The number of nitrogens with zero attached hydrogens (tertiary/aromatic N) is 4. The molecule has 11 nitrogen and oxygen atoms in total. The minimum Gasteiger partial charge on any atom is -0.420 e. The molecule has 20 heteroatoms. The van der Waals surface area contributed by atoms with Gasteiger partial charge in [0, 0.05) is 18.9 Å². The van der Waals surface area contributed by atoms with Crippen LogP contribution in [0.15, 0.2) is 21.2 Å². The molecule has 2 aromatic carbocycles. The summed E-state index contributed by atoms with van der Waals surface area (Å²) in [6.07, 6.45) is -3.03. The summed E-state index contributed by atoms with van der Waals surface area (Å²) in [6, 6.07) is 3.09. The van der Waals surface area contributed by atoms with Crippen LogP contribution in [0.1, 0.15) is 39.5 Å². The van der Waals surface area contributed by atoms with Gasteiger partial charge in [0.05, 0.1) is 12.1 Å². The van der Waals surface area contributed by atoms with Crippen molar-refractivity contribution in [2.75, 3.05) is 0 Å². The summed E-state index contributed by atoms with van der Waals surface area (Å²) in [5.74, 6) is -24.6. The second-order valence-electron chi connectivity index (χ2n) is 9.11. The van der Waals surface area contributed by atoms with E-state index in [1.54, 1.807) is 12.1 Å². The van der Waals surface area contributed by atoms with E-state index in [2.05, 4.69) is 19.7 Å². The molecule has 0 aliphatic heterocycles. The van der Waals surface area contributed by atoms with E-state index in [9.17, 15) is 63.7 Å². The van der Waals surface area contributed by atoms with Crippen LogP contribution in [0.5, 0.6) is 11.5 Å². The van der Waals surface area contributed by atoms with E-state index in [0.717, 1.165) is 13.8 Å². The van der Waals surface area contributed by atoms with E-state index in [4.69, 9.17) is 4.55 Å². The van der Waals surface area contributed by atoms with Crippen molar-refractivity contribution in [1.82, 2.24) is 0 Å². The summed E-state index contributed by atoms with van der Waals surface area (Å²) < 4.78 is 149. The van der Waals surface area contributed by atoms with Gasteiger partial charge in [0.1, 0.15) is 0 Å². The number of ether oxygens (including phenoxy) is 2. The SMILES string of the molecule is CC(C#N)(CCC(=O)Oc1c(F)c(F)cc(F)c1F)N=NC(C)(C#N)CCC(=O)Oc1c(F)c(F)c(S(=O)(=O)O)c(F)c1F. The van der Waals surface area contributed by atoms with Crippen molar-refractivity contribution < 1.29 is 67.2 Å². The molecule has 0 spiro atoms. The molecular weight excluding hydrogens is 640 g/mol. The lowest BCUT2D eigenvalue weighted by Crippen LogP contribution is -2.26. The molecule has 0 heterocycles. The van der Waals surface area contributed by atoms with Crippen LogP contribution in [0, 0.1) is 69.2 Å². The molecule has 2 aromatic rings. The Morgan fingerprint density at radius 1 is 0.750 bits per heavy atom. The topological polar surface area (TPSA) is 179 Å². The molecule has 0 saturated heterocycles. The van der Waals surface area contributed by atoms with Gasteiger partial charge in [-0.25, -0.2) is 17.6 Å². The lowest BCUT2D eigenvalue weighted by molar-refractivity contribution is -0.136.